The van der Waals surface area contributed by atoms with Crippen molar-refractivity contribution in [1.29, 1.82) is 0 Å². The summed E-state index contributed by atoms with van der Waals surface area (Å²) in [6.07, 6.45) is 3.41. The van der Waals surface area contributed by atoms with Gasteiger partial charge in [0.05, 0.1) is 5.52 Å². The molecule has 1 aromatic carbocycles. The van der Waals surface area contributed by atoms with Crippen LogP contribution in [0.4, 0.5) is 17.5 Å². The molecule has 6 heteroatoms. The normalized spacial score (nSPS) is 10.4. The van der Waals surface area contributed by atoms with Crippen LogP contribution in [-0.4, -0.2) is 15.0 Å². The van der Waals surface area contributed by atoms with Crippen molar-refractivity contribution >= 4 is 28.4 Å². The van der Waals surface area contributed by atoms with E-state index in [1.165, 1.54) is 0 Å². The lowest BCUT2D eigenvalue weighted by Gasteiger charge is -2.07. The van der Waals surface area contributed by atoms with E-state index in [1.807, 2.05) is 30.3 Å². The first kappa shape index (κ1) is 11.4. The third-order valence-electron chi connectivity index (χ3n) is 2.66. The van der Waals surface area contributed by atoms with Gasteiger partial charge in [-0.05, 0) is 30.3 Å². The van der Waals surface area contributed by atoms with Crippen LogP contribution in [0.1, 0.15) is 0 Å². The Bertz CT molecular complexity index is 712. The van der Waals surface area contributed by atoms with Crippen LogP contribution >= 0.6 is 0 Å². The number of pyridine rings is 1. The number of benzene rings is 1. The molecule has 0 fully saturated rings. The van der Waals surface area contributed by atoms with E-state index >= 15 is 0 Å². The number of aromatic nitrogens is 3. The van der Waals surface area contributed by atoms with Crippen molar-refractivity contribution in [2.75, 3.05) is 10.7 Å². The van der Waals surface area contributed by atoms with Crippen LogP contribution in [0.5, 0.6) is 0 Å². The molecule has 0 aliphatic heterocycles. The third kappa shape index (κ3) is 2.43. The first-order valence-electron chi connectivity index (χ1n) is 5.76. The standard InChI is InChI=1S/C13H12N6/c14-19-13-16-7-5-12(18-13)17-10-3-4-11-9(8-10)2-1-6-15-11/h1-8H,14H2,(H2,16,17,18,19). The monoisotopic (exact) mass is 252 g/mol. The quantitative estimate of drug-likeness (QED) is 0.488. The summed E-state index contributed by atoms with van der Waals surface area (Å²) in [6.45, 7) is 0. The molecule has 94 valence electrons. The van der Waals surface area contributed by atoms with Crippen molar-refractivity contribution < 1.29 is 0 Å². The van der Waals surface area contributed by atoms with E-state index in [4.69, 9.17) is 5.84 Å². The molecule has 3 aromatic rings. The number of anilines is 3. The summed E-state index contributed by atoms with van der Waals surface area (Å²) in [4.78, 5) is 12.4. The van der Waals surface area contributed by atoms with Gasteiger partial charge in [0.25, 0.3) is 0 Å². The summed E-state index contributed by atoms with van der Waals surface area (Å²) < 4.78 is 0. The predicted molar refractivity (Wildman–Crippen MR) is 74.9 cm³/mol. The Hall–Kier alpha value is -2.73. The van der Waals surface area contributed by atoms with Crippen LogP contribution in [0.2, 0.25) is 0 Å². The van der Waals surface area contributed by atoms with Gasteiger partial charge >= 0.3 is 0 Å². The Balaban J connectivity index is 1.92. The molecule has 0 aliphatic rings. The van der Waals surface area contributed by atoms with Crippen LogP contribution in [0.25, 0.3) is 10.9 Å². The molecule has 0 saturated heterocycles. The maximum atomic E-state index is 5.28. The Kier molecular flexibility index (Phi) is 2.91. The Morgan fingerprint density at radius 3 is 2.84 bits per heavy atom. The zero-order valence-corrected chi connectivity index (χ0v) is 10.0. The second kappa shape index (κ2) is 4.87. The largest absolute Gasteiger partial charge is 0.340 e. The lowest BCUT2D eigenvalue weighted by molar-refractivity contribution is 1.12. The van der Waals surface area contributed by atoms with Crippen LogP contribution in [0.15, 0.2) is 48.8 Å². The van der Waals surface area contributed by atoms with Gasteiger partial charge in [0, 0.05) is 23.5 Å². The lowest BCUT2D eigenvalue weighted by Crippen LogP contribution is -2.10. The highest BCUT2D eigenvalue weighted by atomic mass is 15.3. The molecule has 0 radical (unpaired) electrons. The van der Waals surface area contributed by atoms with Gasteiger partial charge in [-0.1, -0.05) is 6.07 Å². The smallest absolute Gasteiger partial charge is 0.239 e. The van der Waals surface area contributed by atoms with E-state index in [-0.39, 0.29) is 0 Å². The lowest BCUT2D eigenvalue weighted by atomic mass is 10.2. The zero-order chi connectivity index (χ0) is 13.1. The van der Waals surface area contributed by atoms with Gasteiger partial charge < -0.3 is 5.32 Å². The van der Waals surface area contributed by atoms with E-state index in [0.29, 0.717) is 11.8 Å². The number of rotatable bonds is 3. The van der Waals surface area contributed by atoms with Gasteiger partial charge in [0.1, 0.15) is 5.82 Å². The molecular formula is C13H12N6. The van der Waals surface area contributed by atoms with E-state index in [1.54, 1.807) is 18.5 Å². The molecule has 0 aliphatic carbocycles. The zero-order valence-electron chi connectivity index (χ0n) is 10.0. The molecule has 3 rings (SSSR count). The highest BCUT2D eigenvalue weighted by molar-refractivity contribution is 5.83. The Labute approximate surface area is 109 Å². The number of nitrogen functional groups attached to an aromatic ring is 1. The predicted octanol–water partition coefficient (Wildman–Crippen LogP) is 2.05. The molecular weight excluding hydrogens is 240 g/mol. The molecule has 2 heterocycles. The summed E-state index contributed by atoms with van der Waals surface area (Å²) in [5.41, 5.74) is 4.30. The van der Waals surface area contributed by atoms with Crippen LogP contribution < -0.4 is 16.6 Å². The summed E-state index contributed by atoms with van der Waals surface area (Å²) in [7, 11) is 0. The van der Waals surface area contributed by atoms with Crippen molar-refractivity contribution in [3.8, 4) is 0 Å². The molecule has 4 N–H and O–H groups in total. The van der Waals surface area contributed by atoms with Crippen LogP contribution in [-0.2, 0) is 0 Å². The number of hydrazine groups is 1. The maximum Gasteiger partial charge on any atom is 0.239 e. The fraction of sp³-hybridized carbons (Fsp3) is 0. The average Bonchev–Trinajstić information content (AvgIpc) is 2.47. The van der Waals surface area contributed by atoms with Crippen molar-refractivity contribution in [3.05, 3.63) is 48.8 Å². The van der Waals surface area contributed by atoms with E-state index in [0.717, 1.165) is 16.6 Å². The summed E-state index contributed by atoms with van der Waals surface area (Å²) in [5, 5.41) is 4.26. The number of nitrogens with one attached hydrogen (secondary N) is 2. The Morgan fingerprint density at radius 2 is 1.95 bits per heavy atom. The van der Waals surface area contributed by atoms with Crippen molar-refractivity contribution in [2.45, 2.75) is 0 Å². The van der Waals surface area contributed by atoms with Gasteiger partial charge in [0.15, 0.2) is 0 Å². The maximum absolute atomic E-state index is 5.28. The highest BCUT2D eigenvalue weighted by Crippen LogP contribution is 2.20. The fourth-order valence-electron chi connectivity index (χ4n) is 1.80. The Morgan fingerprint density at radius 1 is 1.00 bits per heavy atom. The van der Waals surface area contributed by atoms with E-state index in [9.17, 15) is 0 Å². The minimum absolute atomic E-state index is 0.368. The summed E-state index contributed by atoms with van der Waals surface area (Å²) in [6, 6.07) is 11.6. The molecule has 0 spiro atoms. The fourth-order valence-corrected chi connectivity index (χ4v) is 1.80. The average molecular weight is 252 g/mol. The van der Waals surface area contributed by atoms with Gasteiger partial charge in [-0.3, -0.25) is 10.4 Å². The third-order valence-corrected chi connectivity index (χ3v) is 2.66. The van der Waals surface area contributed by atoms with Gasteiger partial charge in [-0.2, -0.15) is 4.98 Å². The van der Waals surface area contributed by atoms with Crippen LogP contribution in [0.3, 0.4) is 0 Å². The second-order valence-corrected chi connectivity index (χ2v) is 3.95. The number of nitrogens with zero attached hydrogens (tertiary/aromatic N) is 3. The first-order valence-corrected chi connectivity index (χ1v) is 5.76. The molecule has 0 saturated carbocycles. The van der Waals surface area contributed by atoms with Gasteiger partial charge in [-0.25, -0.2) is 10.8 Å². The SMILES string of the molecule is NNc1nccc(Nc2ccc3ncccc3c2)n1. The van der Waals surface area contributed by atoms with Gasteiger partial charge in [0.2, 0.25) is 5.95 Å². The summed E-state index contributed by atoms with van der Waals surface area (Å²) in [5.74, 6) is 6.32. The molecule has 19 heavy (non-hydrogen) atoms. The van der Waals surface area contributed by atoms with E-state index < -0.39 is 0 Å². The van der Waals surface area contributed by atoms with Crippen molar-refractivity contribution in [2.24, 2.45) is 5.84 Å². The molecule has 0 unspecified atom stereocenters. The molecule has 2 aromatic heterocycles. The van der Waals surface area contributed by atoms with E-state index in [2.05, 4.69) is 25.7 Å². The first-order chi connectivity index (χ1) is 9.35. The second-order valence-electron chi connectivity index (χ2n) is 3.95. The number of fused-ring (bicyclic) bond motifs is 1. The number of hydrogen-bond acceptors (Lipinski definition) is 6. The minimum Gasteiger partial charge on any atom is -0.340 e. The van der Waals surface area contributed by atoms with Crippen molar-refractivity contribution in [3.63, 3.8) is 0 Å². The molecule has 0 atom stereocenters. The summed E-state index contributed by atoms with van der Waals surface area (Å²) >= 11 is 0. The minimum atomic E-state index is 0.368. The number of hydrogen-bond donors (Lipinski definition) is 3. The molecule has 0 bridgehead atoms. The highest BCUT2D eigenvalue weighted by Gasteiger charge is 2.00. The number of nitrogens with two attached hydrogens (primary N) is 1. The topological polar surface area (TPSA) is 88.8 Å². The molecule has 6 nitrogen and oxygen atoms in total. The molecule has 0 amide bonds. The van der Waals surface area contributed by atoms with Crippen LogP contribution in [0, 0.1) is 0 Å². The van der Waals surface area contributed by atoms with Gasteiger partial charge in [-0.15, -0.1) is 0 Å². The van der Waals surface area contributed by atoms with Crippen molar-refractivity contribution in [1.82, 2.24) is 15.0 Å².